The van der Waals surface area contributed by atoms with Crippen LogP contribution in [0.4, 0.5) is 5.69 Å². The van der Waals surface area contributed by atoms with Gasteiger partial charge in [-0.3, -0.25) is 4.79 Å². The Morgan fingerprint density at radius 2 is 2.27 bits per heavy atom. The Morgan fingerprint density at radius 1 is 1.55 bits per heavy atom. The molecule has 0 spiro atoms. The molecule has 0 bridgehead atoms. The van der Waals surface area contributed by atoms with E-state index in [9.17, 15) is 4.79 Å². The highest BCUT2D eigenvalue weighted by atomic mass is 16.3. The smallest absolute Gasteiger partial charge is 0.213 e. The molecule has 1 N–H and O–H groups in total. The molecule has 0 saturated carbocycles. The molecule has 0 radical (unpaired) electrons. The largest absolute Gasteiger partial charge is 0.508 e. The van der Waals surface area contributed by atoms with Gasteiger partial charge in [0, 0.05) is 18.8 Å². The van der Waals surface area contributed by atoms with Gasteiger partial charge < -0.3 is 10.0 Å². The maximum absolute atomic E-state index is 10.3. The Bertz CT molecular complexity index is 260. The zero-order valence-corrected chi connectivity index (χ0v) is 6.19. The number of benzene rings is 1. The van der Waals surface area contributed by atoms with Crippen molar-refractivity contribution < 1.29 is 9.90 Å². The molecule has 0 saturated heterocycles. The molecule has 0 fully saturated rings. The third-order valence-electron chi connectivity index (χ3n) is 1.40. The Labute approximate surface area is 64.9 Å². The summed E-state index contributed by atoms with van der Waals surface area (Å²) in [5.41, 5.74) is 0.681. The van der Waals surface area contributed by atoms with Crippen LogP contribution in [0.2, 0.25) is 0 Å². The average Bonchev–Trinajstić information content (AvgIpc) is 2.03. The molecule has 58 valence electrons. The molecular formula is C8H9NO2. The molecule has 11 heavy (non-hydrogen) atoms. The normalized spacial score (nSPS) is 9.18. The summed E-state index contributed by atoms with van der Waals surface area (Å²) in [7, 11) is 1.63. The van der Waals surface area contributed by atoms with Gasteiger partial charge in [0.2, 0.25) is 6.41 Å². The van der Waals surface area contributed by atoms with Crippen LogP contribution in [-0.4, -0.2) is 18.6 Å². The lowest BCUT2D eigenvalue weighted by Gasteiger charge is -2.09. The van der Waals surface area contributed by atoms with E-state index in [-0.39, 0.29) is 5.75 Å². The quantitative estimate of drug-likeness (QED) is 0.640. The highest BCUT2D eigenvalue weighted by Crippen LogP contribution is 2.17. The number of anilines is 1. The number of carbonyl (C=O) groups excluding carboxylic acids is 1. The fourth-order valence-corrected chi connectivity index (χ4v) is 0.773. The monoisotopic (exact) mass is 151 g/mol. The van der Waals surface area contributed by atoms with Gasteiger partial charge in [-0.15, -0.1) is 0 Å². The highest BCUT2D eigenvalue weighted by Gasteiger charge is 1.97. The summed E-state index contributed by atoms with van der Waals surface area (Å²) in [4.78, 5) is 11.6. The number of phenolic OH excluding ortho intramolecular Hbond substituents is 1. The molecule has 0 heterocycles. The zero-order chi connectivity index (χ0) is 8.27. The molecule has 3 nitrogen and oxygen atoms in total. The zero-order valence-electron chi connectivity index (χ0n) is 6.19. The Balaban J connectivity index is 2.95. The topological polar surface area (TPSA) is 40.5 Å². The van der Waals surface area contributed by atoms with Crippen molar-refractivity contribution in [3.8, 4) is 5.75 Å². The van der Waals surface area contributed by atoms with Crippen LogP contribution in [-0.2, 0) is 4.79 Å². The van der Waals surface area contributed by atoms with Gasteiger partial charge in [-0.05, 0) is 12.1 Å². The van der Waals surface area contributed by atoms with Gasteiger partial charge >= 0.3 is 0 Å². The average molecular weight is 151 g/mol. The maximum Gasteiger partial charge on any atom is 0.213 e. The van der Waals surface area contributed by atoms with Crippen molar-refractivity contribution in [1.29, 1.82) is 0 Å². The van der Waals surface area contributed by atoms with Crippen molar-refractivity contribution in [3.05, 3.63) is 24.3 Å². The van der Waals surface area contributed by atoms with E-state index in [1.807, 2.05) is 0 Å². The van der Waals surface area contributed by atoms with Gasteiger partial charge in [0.25, 0.3) is 0 Å². The molecule has 0 unspecified atom stereocenters. The standard InChI is InChI=1S/C8H9NO2/c1-9(6-10)7-3-2-4-8(11)5-7/h2-6,11H,1H3. The van der Waals surface area contributed by atoms with E-state index in [1.54, 1.807) is 25.2 Å². The van der Waals surface area contributed by atoms with Gasteiger partial charge in [-0.1, -0.05) is 6.07 Å². The van der Waals surface area contributed by atoms with Gasteiger partial charge in [0.1, 0.15) is 5.75 Å². The minimum Gasteiger partial charge on any atom is -0.508 e. The van der Waals surface area contributed by atoms with Crippen molar-refractivity contribution in [2.75, 3.05) is 11.9 Å². The molecule has 0 aromatic heterocycles. The Morgan fingerprint density at radius 3 is 2.82 bits per heavy atom. The molecule has 1 aromatic carbocycles. The van der Waals surface area contributed by atoms with E-state index < -0.39 is 0 Å². The van der Waals surface area contributed by atoms with Crippen molar-refractivity contribution >= 4 is 12.1 Å². The van der Waals surface area contributed by atoms with Gasteiger partial charge in [-0.25, -0.2) is 0 Å². The number of hydrogen-bond donors (Lipinski definition) is 1. The first-order chi connectivity index (χ1) is 5.24. The Kier molecular flexibility index (Phi) is 2.11. The van der Waals surface area contributed by atoms with Crippen molar-refractivity contribution in [2.24, 2.45) is 0 Å². The summed E-state index contributed by atoms with van der Waals surface area (Å²) in [6.45, 7) is 0. The first kappa shape index (κ1) is 7.60. The number of nitrogens with zero attached hydrogens (tertiary/aromatic N) is 1. The molecule has 0 aliphatic heterocycles. The first-order valence-electron chi connectivity index (χ1n) is 3.21. The molecule has 0 aliphatic carbocycles. The summed E-state index contributed by atoms with van der Waals surface area (Å²) in [5, 5.41) is 9.01. The predicted molar refractivity (Wildman–Crippen MR) is 42.6 cm³/mol. The molecular weight excluding hydrogens is 142 g/mol. The van der Waals surface area contributed by atoms with Gasteiger partial charge in [-0.2, -0.15) is 0 Å². The molecule has 0 atom stereocenters. The third kappa shape index (κ3) is 1.70. The van der Waals surface area contributed by atoms with Crippen LogP contribution in [0.3, 0.4) is 0 Å². The van der Waals surface area contributed by atoms with E-state index >= 15 is 0 Å². The number of rotatable bonds is 2. The van der Waals surface area contributed by atoms with E-state index in [1.165, 1.54) is 11.0 Å². The molecule has 3 heteroatoms. The fourth-order valence-electron chi connectivity index (χ4n) is 0.773. The lowest BCUT2D eigenvalue weighted by molar-refractivity contribution is -0.107. The number of hydrogen-bond acceptors (Lipinski definition) is 2. The molecule has 1 amide bonds. The van der Waals surface area contributed by atoms with Gasteiger partial charge in [0.05, 0.1) is 0 Å². The summed E-state index contributed by atoms with van der Waals surface area (Å²) < 4.78 is 0. The van der Waals surface area contributed by atoms with Crippen LogP contribution in [0.25, 0.3) is 0 Å². The third-order valence-corrected chi connectivity index (χ3v) is 1.40. The van der Waals surface area contributed by atoms with Crippen LogP contribution in [0, 0.1) is 0 Å². The minimum atomic E-state index is 0.163. The van der Waals surface area contributed by atoms with E-state index in [0.717, 1.165) is 0 Å². The molecule has 1 aromatic rings. The van der Waals surface area contributed by atoms with Gasteiger partial charge in [0.15, 0.2) is 0 Å². The number of amides is 1. The SMILES string of the molecule is CN(C=O)c1cccc(O)c1. The van der Waals surface area contributed by atoms with Crippen molar-refractivity contribution in [2.45, 2.75) is 0 Å². The minimum absolute atomic E-state index is 0.163. The number of carbonyl (C=O) groups is 1. The Hall–Kier alpha value is -1.51. The first-order valence-corrected chi connectivity index (χ1v) is 3.21. The summed E-state index contributed by atoms with van der Waals surface area (Å²) in [5.74, 6) is 0.163. The van der Waals surface area contributed by atoms with E-state index in [2.05, 4.69) is 0 Å². The summed E-state index contributed by atoms with van der Waals surface area (Å²) in [6.07, 6.45) is 0.689. The predicted octanol–water partition coefficient (Wildman–Crippen LogP) is 0.985. The molecule has 0 aliphatic rings. The number of aromatic hydroxyl groups is 1. The lowest BCUT2D eigenvalue weighted by Crippen LogP contribution is -2.13. The van der Waals surface area contributed by atoms with Crippen LogP contribution in [0.5, 0.6) is 5.75 Å². The van der Waals surface area contributed by atoms with E-state index in [4.69, 9.17) is 5.11 Å². The van der Waals surface area contributed by atoms with E-state index in [0.29, 0.717) is 12.1 Å². The van der Waals surface area contributed by atoms with Crippen LogP contribution in [0.15, 0.2) is 24.3 Å². The fraction of sp³-hybridized carbons (Fsp3) is 0.125. The highest BCUT2D eigenvalue weighted by molar-refractivity contribution is 5.74. The second-order valence-corrected chi connectivity index (χ2v) is 2.24. The second-order valence-electron chi connectivity index (χ2n) is 2.24. The second kappa shape index (κ2) is 3.05. The molecule has 1 rings (SSSR count). The van der Waals surface area contributed by atoms with Crippen molar-refractivity contribution in [1.82, 2.24) is 0 Å². The summed E-state index contributed by atoms with van der Waals surface area (Å²) >= 11 is 0. The maximum atomic E-state index is 10.3. The van der Waals surface area contributed by atoms with Crippen LogP contribution < -0.4 is 4.90 Å². The van der Waals surface area contributed by atoms with Crippen LogP contribution >= 0.6 is 0 Å². The van der Waals surface area contributed by atoms with Crippen molar-refractivity contribution in [3.63, 3.8) is 0 Å². The number of phenols is 1. The lowest BCUT2D eigenvalue weighted by atomic mass is 10.3. The summed E-state index contributed by atoms with van der Waals surface area (Å²) in [6, 6.07) is 6.51. The van der Waals surface area contributed by atoms with Crippen LogP contribution in [0.1, 0.15) is 0 Å².